The van der Waals surface area contributed by atoms with Gasteiger partial charge in [0.15, 0.2) is 11.7 Å². The molecule has 1 aromatic rings. The normalized spacial score (nSPS) is 15.4. The summed E-state index contributed by atoms with van der Waals surface area (Å²) in [5.74, 6) is 2.04. The number of piperazine rings is 1. The molecule has 1 fully saturated rings. The molecular formula is C17H29IN4O2. The van der Waals surface area contributed by atoms with Gasteiger partial charge in [-0.2, -0.15) is 0 Å². The van der Waals surface area contributed by atoms with Gasteiger partial charge in [0.25, 0.3) is 5.91 Å². The monoisotopic (exact) mass is 448 g/mol. The molecule has 0 spiro atoms. The fourth-order valence-corrected chi connectivity index (χ4v) is 2.72. The number of amides is 1. The molecule has 2 heterocycles. The van der Waals surface area contributed by atoms with Gasteiger partial charge >= 0.3 is 0 Å². The molecule has 0 aromatic carbocycles. The number of halogens is 1. The first kappa shape index (κ1) is 20.8. The Kier molecular flexibility index (Phi) is 9.17. The van der Waals surface area contributed by atoms with Crippen LogP contribution in [-0.4, -0.2) is 61.4 Å². The average molecular weight is 448 g/mol. The lowest BCUT2D eigenvalue weighted by atomic mass is 10.1. The van der Waals surface area contributed by atoms with E-state index >= 15 is 0 Å². The second kappa shape index (κ2) is 10.6. The van der Waals surface area contributed by atoms with E-state index < -0.39 is 0 Å². The molecule has 0 bridgehead atoms. The summed E-state index contributed by atoms with van der Waals surface area (Å²) < 4.78 is 5.19. The van der Waals surface area contributed by atoms with Crippen LogP contribution in [0.2, 0.25) is 0 Å². The van der Waals surface area contributed by atoms with Crippen molar-refractivity contribution in [3.05, 3.63) is 24.2 Å². The van der Waals surface area contributed by atoms with Gasteiger partial charge in [-0.05, 0) is 30.9 Å². The van der Waals surface area contributed by atoms with Crippen molar-refractivity contribution in [3.63, 3.8) is 0 Å². The zero-order chi connectivity index (χ0) is 16.7. The fourth-order valence-electron chi connectivity index (χ4n) is 2.72. The summed E-state index contributed by atoms with van der Waals surface area (Å²) in [7, 11) is 1.81. The van der Waals surface area contributed by atoms with Crippen LogP contribution in [0.25, 0.3) is 0 Å². The first-order valence-electron chi connectivity index (χ1n) is 8.40. The van der Waals surface area contributed by atoms with E-state index in [1.54, 1.807) is 12.1 Å². The largest absolute Gasteiger partial charge is 0.459 e. The molecule has 1 N–H and O–H groups in total. The van der Waals surface area contributed by atoms with Crippen molar-refractivity contribution < 1.29 is 9.21 Å². The summed E-state index contributed by atoms with van der Waals surface area (Å²) in [6, 6.07) is 3.45. The molecule has 136 valence electrons. The van der Waals surface area contributed by atoms with E-state index in [2.05, 4.69) is 29.1 Å². The maximum absolute atomic E-state index is 12.2. The number of hydrogen-bond acceptors (Lipinski definition) is 3. The van der Waals surface area contributed by atoms with Gasteiger partial charge in [0.1, 0.15) is 0 Å². The number of nitrogens with one attached hydrogen (secondary N) is 1. The third-order valence-corrected chi connectivity index (χ3v) is 4.05. The second-order valence-electron chi connectivity index (χ2n) is 6.27. The molecule has 1 aromatic heterocycles. The summed E-state index contributed by atoms with van der Waals surface area (Å²) in [5.41, 5.74) is 0. The summed E-state index contributed by atoms with van der Waals surface area (Å²) in [5, 5.41) is 3.42. The summed E-state index contributed by atoms with van der Waals surface area (Å²) >= 11 is 0. The zero-order valence-electron chi connectivity index (χ0n) is 14.8. The third kappa shape index (κ3) is 5.99. The van der Waals surface area contributed by atoms with Crippen molar-refractivity contribution in [2.75, 3.05) is 39.8 Å². The number of carbonyl (C=O) groups excluding carboxylic acids is 1. The summed E-state index contributed by atoms with van der Waals surface area (Å²) in [4.78, 5) is 20.7. The van der Waals surface area contributed by atoms with Gasteiger partial charge in [-0.3, -0.25) is 9.79 Å². The predicted octanol–water partition coefficient (Wildman–Crippen LogP) is 2.67. The molecule has 0 unspecified atom stereocenters. The topological polar surface area (TPSA) is 61.1 Å². The minimum absolute atomic E-state index is 0. The molecule has 1 aliphatic rings. The van der Waals surface area contributed by atoms with Crippen LogP contribution in [0.3, 0.4) is 0 Å². The van der Waals surface area contributed by atoms with Gasteiger partial charge in [-0.25, -0.2) is 0 Å². The Bertz CT molecular complexity index is 509. The van der Waals surface area contributed by atoms with Crippen LogP contribution in [0.1, 0.15) is 37.2 Å². The van der Waals surface area contributed by atoms with Crippen LogP contribution >= 0.6 is 24.0 Å². The van der Waals surface area contributed by atoms with E-state index in [1.165, 1.54) is 12.7 Å². The van der Waals surface area contributed by atoms with E-state index in [1.807, 2.05) is 11.9 Å². The highest BCUT2D eigenvalue weighted by Gasteiger charge is 2.24. The zero-order valence-corrected chi connectivity index (χ0v) is 17.2. The Morgan fingerprint density at radius 1 is 1.29 bits per heavy atom. The number of guanidine groups is 1. The van der Waals surface area contributed by atoms with Crippen molar-refractivity contribution in [3.8, 4) is 0 Å². The van der Waals surface area contributed by atoms with E-state index in [0.717, 1.165) is 37.9 Å². The molecule has 2 rings (SSSR count). The van der Waals surface area contributed by atoms with E-state index in [0.29, 0.717) is 18.8 Å². The lowest BCUT2D eigenvalue weighted by molar-refractivity contribution is 0.0658. The average Bonchev–Trinajstić information content (AvgIpc) is 3.09. The first-order valence-corrected chi connectivity index (χ1v) is 8.40. The number of carbonyl (C=O) groups is 1. The fraction of sp³-hybridized carbons (Fsp3) is 0.647. The smallest absolute Gasteiger partial charge is 0.289 e. The highest BCUT2D eigenvalue weighted by Crippen LogP contribution is 2.09. The number of furan rings is 1. The van der Waals surface area contributed by atoms with Crippen molar-refractivity contribution >= 4 is 35.8 Å². The molecular weight excluding hydrogens is 419 g/mol. The molecule has 6 nitrogen and oxygen atoms in total. The highest BCUT2D eigenvalue weighted by molar-refractivity contribution is 14.0. The Balaban J connectivity index is 0.00000288. The van der Waals surface area contributed by atoms with Gasteiger partial charge < -0.3 is 19.5 Å². The highest BCUT2D eigenvalue weighted by atomic mass is 127. The van der Waals surface area contributed by atoms with Gasteiger partial charge in [0.05, 0.1) is 6.26 Å². The lowest BCUT2D eigenvalue weighted by Crippen LogP contribution is -2.53. The van der Waals surface area contributed by atoms with Crippen molar-refractivity contribution in [2.24, 2.45) is 10.9 Å². The minimum atomic E-state index is -0.0328. The summed E-state index contributed by atoms with van der Waals surface area (Å²) in [6.45, 7) is 8.37. The van der Waals surface area contributed by atoms with Crippen LogP contribution in [0.5, 0.6) is 0 Å². The van der Waals surface area contributed by atoms with Crippen LogP contribution in [0.15, 0.2) is 27.8 Å². The maximum atomic E-state index is 12.2. The summed E-state index contributed by atoms with van der Waals surface area (Å²) in [6.07, 6.45) is 3.90. The molecule has 0 saturated carbocycles. The molecule has 1 saturated heterocycles. The van der Waals surface area contributed by atoms with Gasteiger partial charge in [0, 0.05) is 39.8 Å². The van der Waals surface area contributed by atoms with Gasteiger partial charge in [-0.1, -0.05) is 13.8 Å². The van der Waals surface area contributed by atoms with Crippen molar-refractivity contribution in [2.45, 2.75) is 26.7 Å². The third-order valence-electron chi connectivity index (χ3n) is 4.05. The second-order valence-corrected chi connectivity index (χ2v) is 6.27. The molecule has 0 atom stereocenters. The van der Waals surface area contributed by atoms with Gasteiger partial charge in [0.2, 0.25) is 0 Å². The Morgan fingerprint density at radius 2 is 1.96 bits per heavy atom. The Morgan fingerprint density at radius 3 is 2.50 bits per heavy atom. The van der Waals surface area contributed by atoms with Crippen molar-refractivity contribution in [1.82, 2.24) is 15.1 Å². The lowest BCUT2D eigenvalue weighted by Gasteiger charge is -2.36. The Hall–Kier alpha value is -1.25. The molecule has 1 amide bonds. The van der Waals surface area contributed by atoms with E-state index in [4.69, 9.17) is 4.42 Å². The molecule has 0 radical (unpaired) electrons. The molecule has 1 aliphatic heterocycles. The number of hydrogen-bond donors (Lipinski definition) is 1. The molecule has 0 aliphatic carbocycles. The standard InChI is InChI=1S/C17H28N4O2.HI/c1-14(2)6-4-8-19-17(18-3)21-11-9-20(10-12-21)16(22)15-7-5-13-23-15;/h5,7,13-14H,4,6,8-12H2,1-3H3,(H,18,19);1H. The van der Waals surface area contributed by atoms with Crippen LogP contribution in [-0.2, 0) is 0 Å². The number of rotatable bonds is 5. The van der Waals surface area contributed by atoms with E-state index in [9.17, 15) is 4.79 Å². The number of nitrogens with zero attached hydrogens (tertiary/aromatic N) is 3. The predicted molar refractivity (Wildman–Crippen MR) is 107 cm³/mol. The quantitative estimate of drug-likeness (QED) is 0.326. The van der Waals surface area contributed by atoms with Crippen LogP contribution in [0.4, 0.5) is 0 Å². The minimum Gasteiger partial charge on any atom is -0.459 e. The maximum Gasteiger partial charge on any atom is 0.289 e. The number of aliphatic imine (C=N–C) groups is 1. The van der Waals surface area contributed by atoms with E-state index in [-0.39, 0.29) is 29.9 Å². The van der Waals surface area contributed by atoms with Crippen molar-refractivity contribution in [1.29, 1.82) is 0 Å². The first-order chi connectivity index (χ1) is 11.1. The van der Waals surface area contributed by atoms with Crippen LogP contribution in [0, 0.1) is 5.92 Å². The van der Waals surface area contributed by atoms with Gasteiger partial charge in [-0.15, -0.1) is 24.0 Å². The molecule has 24 heavy (non-hydrogen) atoms. The van der Waals surface area contributed by atoms with Crippen LogP contribution < -0.4 is 5.32 Å². The molecule has 7 heteroatoms. The Labute approximate surface area is 161 Å². The SMILES string of the molecule is CN=C(NCCCC(C)C)N1CCN(C(=O)c2ccco2)CC1.I.